The molecule has 0 spiro atoms. The molecule has 0 radical (unpaired) electrons. The quantitative estimate of drug-likeness (QED) is 0.777. The molecule has 76 valence electrons. The van der Waals surface area contributed by atoms with Crippen LogP contribution in [0.15, 0.2) is 18.2 Å². The van der Waals surface area contributed by atoms with Crippen LogP contribution in [0.2, 0.25) is 0 Å². The van der Waals surface area contributed by atoms with Gasteiger partial charge in [0.15, 0.2) is 11.6 Å². The number of para-hydroxylation sites is 1. The number of carbonyl (C=O) groups is 1. The van der Waals surface area contributed by atoms with E-state index in [1.54, 1.807) is 12.1 Å². The van der Waals surface area contributed by atoms with E-state index in [0.29, 0.717) is 5.56 Å². The van der Waals surface area contributed by atoms with E-state index in [1.165, 1.54) is 13.2 Å². The minimum Gasteiger partial charge on any atom is -0.493 e. The smallest absolute Gasteiger partial charge is 0.165 e. The predicted molar refractivity (Wildman–Crippen MR) is 55.5 cm³/mol. The lowest BCUT2D eigenvalue weighted by molar-refractivity contribution is -0.115. The van der Waals surface area contributed by atoms with Crippen molar-refractivity contribution in [2.75, 3.05) is 12.4 Å². The Morgan fingerprint density at radius 2 is 2.29 bits per heavy atom. The van der Waals surface area contributed by atoms with Gasteiger partial charge in [0.2, 0.25) is 0 Å². The minimum atomic E-state index is -0.438. The summed E-state index contributed by atoms with van der Waals surface area (Å²) >= 11 is 3.05. The van der Waals surface area contributed by atoms with Crippen LogP contribution in [0.25, 0.3) is 0 Å². The number of carbonyl (C=O) groups excluding carboxylic acids is 1. The van der Waals surface area contributed by atoms with E-state index in [-0.39, 0.29) is 23.3 Å². The largest absolute Gasteiger partial charge is 0.493 e. The molecule has 0 N–H and O–H groups in total. The molecule has 0 saturated heterocycles. The van der Waals surface area contributed by atoms with Gasteiger partial charge in [-0.15, -0.1) is 0 Å². The molecule has 2 nitrogen and oxygen atoms in total. The molecule has 0 aromatic heterocycles. The maximum atomic E-state index is 13.2. The van der Waals surface area contributed by atoms with Crippen LogP contribution in [0.4, 0.5) is 4.39 Å². The standard InChI is InChI=1S/C10H10BrFO2/c1-14-10-7(5-8(13)6-11)3-2-4-9(10)12/h2-4H,5-6H2,1H3. The number of halogens is 2. The van der Waals surface area contributed by atoms with Crippen LogP contribution in [-0.2, 0) is 11.2 Å². The summed E-state index contributed by atoms with van der Waals surface area (Å²) in [6.45, 7) is 0. The zero-order valence-corrected chi connectivity index (χ0v) is 9.30. The van der Waals surface area contributed by atoms with E-state index in [4.69, 9.17) is 4.74 Å². The number of benzene rings is 1. The molecule has 0 heterocycles. The summed E-state index contributed by atoms with van der Waals surface area (Å²) in [5, 5.41) is 0.271. The molecule has 0 fully saturated rings. The van der Waals surface area contributed by atoms with Crippen LogP contribution in [0.5, 0.6) is 5.75 Å². The molecule has 4 heteroatoms. The van der Waals surface area contributed by atoms with Crippen LogP contribution < -0.4 is 4.74 Å². The van der Waals surface area contributed by atoms with Crippen LogP contribution in [0.3, 0.4) is 0 Å². The second kappa shape index (κ2) is 5.10. The molecule has 1 rings (SSSR count). The number of rotatable bonds is 4. The van der Waals surface area contributed by atoms with Gasteiger partial charge >= 0.3 is 0 Å². The third-order valence-electron chi connectivity index (χ3n) is 1.79. The fourth-order valence-corrected chi connectivity index (χ4v) is 1.38. The average Bonchev–Trinajstić information content (AvgIpc) is 2.18. The molecule has 0 amide bonds. The summed E-state index contributed by atoms with van der Waals surface area (Å²) in [6.07, 6.45) is 0.187. The van der Waals surface area contributed by atoms with E-state index in [0.717, 1.165) is 0 Å². The number of Topliss-reactive ketones (excluding diaryl/α,β-unsaturated/α-hetero) is 1. The third kappa shape index (κ3) is 2.54. The van der Waals surface area contributed by atoms with Crippen molar-refractivity contribution >= 4 is 21.7 Å². The lowest BCUT2D eigenvalue weighted by Crippen LogP contribution is -2.05. The summed E-state index contributed by atoms with van der Waals surface area (Å²) in [4.78, 5) is 11.1. The Bertz CT molecular complexity index is 339. The molecule has 0 saturated carbocycles. The Kier molecular flexibility index (Phi) is 4.07. The van der Waals surface area contributed by atoms with E-state index in [1.807, 2.05) is 0 Å². The molecule has 14 heavy (non-hydrogen) atoms. The van der Waals surface area contributed by atoms with Gasteiger partial charge in [-0.25, -0.2) is 4.39 Å². The normalized spacial score (nSPS) is 9.93. The van der Waals surface area contributed by atoms with Crippen LogP contribution >= 0.6 is 15.9 Å². The summed E-state index contributed by atoms with van der Waals surface area (Å²) in [5.74, 6) is -0.289. The Morgan fingerprint density at radius 1 is 1.57 bits per heavy atom. The van der Waals surface area contributed by atoms with E-state index in [2.05, 4.69) is 15.9 Å². The Hall–Kier alpha value is -0.900. The van der Waals surface area contributed by atoms with Crippen molar-refractivity contribution in [1.82, 2.24) is 0 Å². The molecule has 0 aliphatic carbocycles. The van der Waals surface area contributed by atoms with E-state index in [9.17, 15) is 9.18 Å². The molecule has 0 aliphatic rings. The second-order valence-corrected chi connectivity index (χ2v) is 3.34. The first-order valence-corrected chi connectivity index (χ1v) is 5.20. The van der Waals surface area contributed by atoms with Crippen molar-refractivity contribution in [1.29, 1.82) is 0 Å². The van der Waals surface area contributed by atoms with Gasteiger partial charge in [0, 0.05) is 12.0 Å². The van der Waals surface area contributed by atoms with Crippen LogP contribution in [-0.4, -0.2) is 18.2 Å². The number of hydrogen-bond donors (Lipinski definition) is 0. The fraction of sp³-hybridized carbons (Fsp3) is 0.300. The van der Waals surface area contributed by atoms with Crippen LogP contribution in [0.1, 0.15) is 5.56 Å². The molecule has 0 atom stereocenters. The predicted octanol–water partition coefficient (Wildman–Crippen LogP) is 2.34. The molecular formula is C10H10BrFO2. The van der Waals surface area contributed by atoms with Gasteiger partial charge in [0.25, 0.3) is 0 Å². The number of hydrogen-bond acceptors (Lipinski definition) is 2. The molecule has 0 unspecified atom stereocenters. The van der Waals surface area contributed by atoms with Gasteiger partial charge in [0.05, 0.1) is 12.4 Å². The van der Waals surface area contributed by atoms with Gasteiger partial charge in [-0.1, -0.05) is 28.1 Å². The summed E-state index contributed by atoms with van der Waals surface area (Å²) in [6, 6.07) is 4.55. The average molecular weight is 261 g/mol. The summed E-state index contributed by atoms with van der Waals surface area (Å²) in [7, 11) is 1.39. The summed E-state index contributed by atoms with van der Waals surface area (Å²) < 4.78 is 18.0. The number of methoxy groups -OCH3 is 1. The maximum absolute atomic E-state index is 13.2. The first-order chi connectivity index (χ1) is 6.69. The van der Waals surface area contributed by atoms with Gasteiger partial charge in [0.1, 0.15) is 5.78 Å². The highest BCUT2D eigenvalue weighted by Gasteiger charge is 2.11. The first-order valence-electron chi connectivity index (χ1n) is 4.08. The van der Waals surface area contributed by atoms with Crippen molar-refractivity contribution in [2.45, 2.75) is 6.42 Å². The van der Waals surface area contributed by atoms with E-state index >= 15 is 0 Å². The lowest BCUT2D eigenvalue weighted by Gasteiger charge is -2.07. The lowest BCUT2D eigenvalue weighted by atomic mass is 10.1. The van der Waals surface area contributed by atoms with Crippen molar-refractivity contribution in [3.8, 4) is 5.75 Å². The minimum absolute atomic E-state index is 0.00565. The second-order valence-electron chi connectivity index (χ2n) is 2.78. The topological polar surface area (TPSA) is 26.3 Å². The molecule has 0 aliphatic heterocycles. The van der Waals surface area contributed by atoms with Crippen LogP contribution in [0, 0.1) is 5.82 Å². The molecule has 1 aromatic rings. The van der Waals surface area contributed by atoms with Crippen molar-refractivity contribution in [2.24, 2.45) is 0 Å². The van der Waals surface area contributed by atoms with Gasteiger partial charge in [-0.2, -0.15) is 0 Å². The third-order valence-corrected chi connectivity index (χ3v) is 2.41. The maximum Gasteiger partial charge on any atom is 0.165 e. The van der Waals surface area contributed by atoms with E-state index < -0.39 is 5.82 Å². The number of alkyl halides is 1. The SMILES string of the molecule is COc1c(F)cccc1CC(=O)CBr. The number of ether oxygens (including phenoxy) is 1. The summed E-state index contributed by atoms with van der Waals surface area (Å²) in [5.41, 5.74) is 0.581. The highest BCUT2D eigenvalue weighted by Crippen LogP contribution is 2.22. The number of ketones is 1. The Balaban J connectivity index is 2.96. The zero-order chi connectivity index (χ0) is 10.6. The molecular weight excluding hydrogens is 251 g/mol. The van der Waals surface area contributed by atoms with Crippen molar-refractivity contribution < 1.29 is 13.9 Å². The Morgan fingerprint density at radius 3 is 2.86 bits per heavy atom. The fourth-order valence-electron chi connectivity index (χ4n) is 1.18. The van der Waals surface area contributed by atoms with Gasteiger partial charge in [-0.05, 0) is 6.07 Å². The highest BCUT2D eigenvalue weighted by atomic mass is 79.9. The first kappa shape index (κ1) is 11.2. The highest BCUT2D eigenvalue weighted by molar-refractivity contribution is 9.09. The monoisotopic (exact) mass is 260 g/mol. The van der Waals surface area contributed by atoms with Crippen molar-refractivity contribution in [3.63, 3.8) is 0 Å². The van der Waals surface area contributed by atoms with Crippen molar-refractivity contribution in [3.05, 3.63) is 29.6 Å². The zero-order valence-electron chi connectivity index (χ0n) is 7.72. The van der Waals surface area contributed by atoms with Gasteiger partial charge in [-0.3, -0.25) is 4.79 Å². The Labute approximate surface area is 90.2 Å². The molecule has 1 aromatic carbocycles. The molecule has 0 bridgehead atoms. The van der Waals surface area contributed by atoms with Gasteiger partial charge < -0.3 is 4.74 Å².